The number of carbonyl (C=O) groups excluding carboxylic acids is 2. The van der Waals surface area contributed by atoms with Crippen LogP contribution in [0.25, 0.3) is 0 Å². The maximum Gasteiger partial charge on any atom is 0.306 e. The van der Waals surface area contributed by atoms with E-state index in [1.807, 2.05) is 0 Å². The van der Waals surface area contributed by atoms with E-state index in [1.54, 1.807) is 0 Å². The summed E-state index contributed by atoms with van der Waals surface area (Å²) in [5.74, 6) is -0.615. The fraction of sp³-hybridized carbons (Fsp3) is 0.789. The van der Waals surface area contributed by atoms with Gasteiger partial charge in [0.2, 0.25) is 0 Å². The molecule has 1 N–H and O–H groups in total. The van der Waals surface area contributed by atoms with Gasteiger partial charge in [0, 0.05) is 12.8 Å². The molecule has 5 heteroatoms. The van der Waals surface area contributed by atoms with Gasteiger partial charge >= 0.3 is 11.9 Å². The Morgan fingerprint density at radius 2 is 0.930 bits per heavy atom. The molecule has 0 aromatic rings. The van der Waals surface area contributed by atoms with Crippen LogP contribution in [0, 0.1) is 0 Å². The van der Waals surface area contributed by atoms with Crippen LogP contribution in [-0.2, 0) is 19.1 Å². The standard InChI is InChI=1S/C38H68O5/c1-3-5-7-9-11-13-15-17-18-19-20-21-23-25-27-29-31-33-38(41)43-36(34-39)35-42-37(40)32-30-28-26-24-22-16-14-12-10-8-6-4-2/h11,13,17-18,20-21,36,39H,3-10,12,14-16,19,22-35H2,1-2H3/t36-/m0/s1. The van der Waals surface area contributed by atoms with E-state index < -0.39 is 6.10 Å². The Morgan fingerprint density at radius 3 is 1.44 bits per heavy atom. The number of rotatable bonds is 32. The average molecular weight is 605 g/mol. The van der Waals surface area contributed by atoms with Gasteiger partial charge in [0.05, 0.1) is 6.61 Å². The minimum Gasteiger partial charge on any atom is -0.462 e. The van der Waals surface area contributed by atoms with Gasteiger partial charge in [-0.1, -0.05) is 147 Å². The van der Waals surface area contributed by atoms with Crippen LogP contribution in [0.1, 0.15) is 174 Å². The van der Waals surface area contributed by atoms with Gasteiger partial charge in [0.25, 0.3) is 0 Å². The highest BCUT2D eigenvalue weighted by molar-refractivity contribution is 5.70. The number of allylic oxidation sites excluding steroid dienone is 6. The Bertz CT molecular complexity index is 696. The fourth-order valence-electron chi connectivity index (χ4n) is 4.91. The number of hydrogen-bond donors (Lipinski definition) is 1. The smallest absolute Gasteiger partial charge is 0.306 e. The monoisotopic (exact) mass is 605 g/mol. The lowest BCUT2D eigenvalue weighted by atomic mass is 10.0. The van der Waals surface area contributed by atoms with Crippen molar-refractivity contribution in [3.63, 3.8) is 0 Å². The SMILES string of the molecule is CCCCCC=CCC=CCC=CCCCCCCC(=O)O[C@@H](CO)COC(=O)CCCCCCCCCCCCCC. The molecule has 0 fully saturated rings. The molecule has 0 saturated carbocycles. The Morgan fingerprint density at radius 1 is 0.535 bits per heavy atom. The predicted octanol–water partition coefficient (Wildman–Crippen LogP) is 10.9. The first-order valence-electron chi connectivity index (χ1n) is 18.0. The predicted molar refractivity (Wildman–Crippen MR) is 182 cm³/mol. The topological polar surface area (TPSA) is 72.8 Å². The summed E-state index contributed by atoms with van der Waals surface area (Å²) in [6.07, 6.45) is 40.5. The van der Waals surface area contributed by atoms with Crippen LogP contribution in [0.3, 0.4) is 0 Å². The third-order valence-corrected chi connectivity index (χ3v) is 7.69. The molecule has 1 atom stereocenters. The van der Waals surface area contributed by atoms with Gasteiger partial charge in [-0.15, -0.1) is 0 Å². The highest BCUT2D eigenvalue weighted by Gasteiger charge is 2.16. The first-order valence-corrected chi connectivity index (χ1v) is 18.0. The highest BCUT2D eigenvalue weighted by atomic mass is 16.6. The molecular formula is C38H68O5. The van der Waals surface area contributed by atoms with E-state index in [-0.39, 0.29) is 25.2 Å². The van der Waals surface area contributed by atoms with Gasteiger partial charge in [-0.2, -0.15) is 0 Å². The first kappa shape index (κ1) is 41.1. The summed E-state index contributed by atoms with van der Waals surface area (Å²) in [6.45, 7) is 4.08. The molecule has 5 nitrogen and oxygen atoms in total. The van der Waals surface area contributed by atoms with Gasteiger partial charge in [-0.3, -0.25) is 9.59 Å². The van der Waals surface area contributed by atoms with Crippen LogP contribution in [0.15, 0.2) is 36.5 Å². The summed E-state index contributed by atoms with van der Waals surface area (Å²) >= 11 is 0. The normalized spacial score (nSPS) is 12.5. The molecule has 0 aromatic heterocycles. The molecule has 250 valence electrons. The van der Waals surface area contributed by atoms with E-state index in [2.05, 4.69) is 50.3 Å². The number of aliphatic hydroxyl groups is 1. The molecule has 0 saturated heterocycles. The summed E-state index contributed by atoms with van der Waals surface area (Å²) in [4.78, 5) is 24.1. The lowest BCUT2D eigenvalue weighted by Crippen LogP contribution is -2.28. The van der Waals surface area contributed by atoms with Crippen molar-refractivity contribution < 1.29 is 24.2 Å². The van der Waals surface area contributed by atoms with Crippen molar-refractivity contribution >= 4 is 11.9 Å². The van der Waals surface area contributed by atoms with Crippen molar-refractivity contribution in [2.45, 2.75) is 180 Å². The van der Waals surface area contributed by atoms with Crippen LogP contribution < -0.4 is 0 Å². The van der Waals surface area contributed by atoms with Gasteiger partial charge in [0.15, 0.2) is 6.10 Å². The van der Waals surface area contributed by atoms with Crippen molar-refractivity contribution in [1.82, 2.24) is 0 Å². The molecule has 0 heterocycles. The quantitative estimate of drug-likeness (QED) is 0.0470. The van der Waals surface area contributed by atoms with Crippen molar-refractivity contribution in [2.75, 3.05) is 13.2 Å². The lowest BCUT2D eigenvalue weighted by Gasteiger charge is -2.15. The molecule has 0 aromatic carbocycles. The summed E-state index contributed by atoms with van der Waals surface area (Å²) in [6, 6.07) is 0. The van der Waals surface area contributed by atoms with Crippen LogP contribution in [0.2, 0.25) is 0 Å². The fourth-order valence-corrected chi connectivity index (χ4v) is 4.91. The maximum absolute atomic E-state index is 12.1. The average Bonchev–Trinajstić information content (AvgIpc) is 3.01. The van der Waals surface area contributed by atoms with E-state index >= 15 is 0 Å². The summed E-state index contributed by atoms with van der Waals surface area (Å²) in [5, 5.41) is 9.51. The molecule has 0 amide bonds. The number of esters is 2. The largest absolute Gasteiger partial charge is 0.462 e. The molecule has 0 bridgehead atoms. The van der Waals surface area contributed by atoms with E-state index in [0.717, 1.165) is 64.2 Å². The minimum atomic E-state index is -0.778. The zero-order valence-electron chi connectivity index (χ0n) is 28.2. The minimum absolute atomic E-state index is 0.0728. The van der Waals surface area contributed by atoms with Gasteiger partial charge in [-0.05, 0) is 51.4 Å². The Balaban J connectivity index is 3.62. The molecule has 0 spiro atoms. The Hall–Kier alpha value is -1.88. The van der Waals surface area contributed by atoms with Crippen molar-refractivity contribution in [3.05, 3.63) is 36.5 Å². The molecule has 0 aliphatic rings. The molecule has 43 heavy (non-hydrogen) atoms. The highest BCUT2D eigenvalue weighted by Crippen LogP contribution is 2.13. The second-order valence-corrected chi connectivity index (χ2v) is 12.0. The zero-order valence-corrected chi connectivity index (χ0v) is 28.2. The molecular weight excluding hydrogens is 536 g/mol. The number of hydrogen-bond acceptors (Lipinski definition) is 5. The number of ether oxygens (including phenoxy) is 2. The summed E-state index contributed by atoms with van der Waals surface area (Å²) in [7, 11) is 0. The lowest BCUT2D eigenvalue weighted by molar-refractivity contribution is -0.161. The van der Waals surface area contributed by atoms with Crippen molar-refractivity contribution in [1.29, 1.82) is 0 Å². The Kier molecular flexibility index (Phi) is 33.1. The van der Waals surface area contributed by atoms with Crippen molar-refractivity contribution in [3.8, 4) is 0 Å². The molecule has 0 rings (SSSR count). The molecule has 0 aliphatic carbocycles. The third-order valence-electron chi connectivity index (χ3n) is 7.69. The molecule has 0 radical (unpaired) electrons. The first-order chi connectivity index (χ1) is 21.1. The van der Waals surface area contributed by atoms with Crippen LogP contribution in [0.4, 0.5) is 0 Å². The molecule has 0 aliphatic heterocycles. The zero-order chi connectivity index (χ0) is 31.5. The maximum atomic E-state index is 12.1. The second kappa shape index (κ2) is 34.6. The van der Waals surface area contributed by atoms with Gasteiger partial charge in [-0.25, -0.2) is 0 Å². The van der Waals surface area contributed by atoms with E-state index in [0.29, 0.717) is 12.8 Å². The van der Waals surface area contributed by atoms with Crippen molar-refractivity contribution in [2.24, 2.45) is 0 Å². The van der Waals surface area contributed by atoms with Crippen LogP contribution in [0.5, 0.6) is 0 Å². The van der Waals surface area contributed by atoms with E-state index in [1.165, 1.54) is 83.5 Å². The molecule has 0 unspecified atom stereocenters. The number of unbranched alkanes of at least 4 members (excludes halogenated alkanes) is 18. The third kappa shape index (κ3) is 32.9. The van der Waals surface area contributed by atoms with Crippen LogP contribution >= 0.6 is 0 Å². The van der Waals surface area contributed by atoms with Crippen LogP contribution in [-0.4, -0.2) is 36.4 Å². The van der Waals surface area contributed by atoms with E-state index in [9.17, 15) is 14.7 Å². The second-order valence-electron chi connectivity index (χ2n) is 12.0. The summed E-state index contributed by atoms with van der Waals surface area (Å²) in [5.41, 5.74) is 0. The number of aliphatic hydroxyl groups excluding tert-OH is 1. The number of carbonyl (C=O) groups is 2. The van der Waals surface area contributed by atoms with Gasteiger partial charge in [0.1, 0.15) is 6.61 Å². The van der Waals surface area contributed by atoms with E-state index in [4.69, 9.17) is 9.47 Å². The summed E-state index contributed by atoms with van der Waals surface area (Å²) < 4.78 is 10.6. The Labute approximate surface area is 266 Å². The van der Waals surface area contributed by atoms with Gasteiger partial charge < -0.3 is 14.6 Å².